The number of likely N-dealkylation sites (tertiary alicyclic amines) is 1. The van der Waals surface area contributed by atoms with E-state index in [4.69, 9.17) is 4.74 Å². The first-order valence-corrected chi connectivity index (χ1v) is 7.99. The van der Waals surface area contributed by atoms with E-state index >= 15 is 0 Å². The summed E-state index contributed by atoms with van der Waals surface area (Å²) >= 11 is 0. The number of hydrogen-bond acceptors (Lipinski definition) is 3. The molecular formula is C15H26N2O2. The Morgan fingerprint density at radius 3 is 2.79 bits per heavy atom. The molecule has 0 saturated carbocycles. The Kier molecular flexibility index (Phi) is 4.38. The molecule has 4 heteroatoms. The van der Waals surface area contributed by atoms with Gasteiger partial charge in [0.25, 0.3) is 5.91 Å². The summed E-state index contributed by atoms with van der Waals surface area (Å²) in [6, 6.07) is 0.464. The highest BCUT2D eigenvalue weighted by Crippen LogP contribution is 2.30. The molecule has 1 N–H and O–H groups in total. The van der Waals surface area contributed by atoms with Gasteiger partial charge < -0.3 is 15.0 Å². The zero-order chi connectivity index (χ0) is 13.1. The van der Waals surface area contributed by atoms with Crippen molar-refractivity contribution in [3.05, 3.63) is 0 Å². The minimum absolute atomic E-state index is 0.147. The summed E-state index contributed by atoms with van der Waals surface area (Å²) in [7, 11) is 0. The van der Waals surface area contributed by atoms with Crippen molar-refractivity contribution in [1.82, 2.24) is 10.2 Å². The fraction of sp³-hybridized carbons (Fsp3) is 0.933. The fourth-order valence-electron chi connectivity index (χ4n) is 3.88. The summed E-state index contributed by atoms with van der Waals surface area (Å²) in [5.74, 6) is 0.927. The second-order valence-electron chi connectivity index (χ2n) is 6.20. The molecule has 0 spiro atoms. The van der Waals surface area contributed by atoms with Crippen molar-refractivity contribution in [1.29, 1.82) is 0 Å². The van der Waals surface area contributed by atoms with Crippen LogP contribution in [0, 0.1) is 5.92 Å². The summed E-state index contributed by atoms with van der Waals surface area (Å²) in [6.07, 6.45) is 7.90. The summed E-state index contributed by atoms with van der Waals surface area (Å²) in [5, 5.41) is 3.48. The van der Waals surface area contributed by atoms with Gasteiger partial charge in [0.2, 0.25) is 0 Å². The molecule has 3 fully saturated rings. The van der Waals surface area contributed by atoms with Crippen LogP contribution in [0.2, 0.25) is 0 Å². The van der Waals surface area contributed by atoms with Crippen molar-refractivity contribution in [2.24, 2.45) is 5.92 Å². The number of nitrogens with one attached hydrogen (secondary N) is 1. The average molecular weight is 266 g/mol. The number of piperidine rings is 1. The van der Waals surface area contributed by atoms with Crippen molar-refractivity contribution < 1.29 is 9.53 Å². The van der Waals surface area contributed by atoms with Gasteiger partial charge in [-0.05, 0) is 64.0 Å². The lowest BCUT2D eigenvalue weighted by Crippen LogP contribution is -2.49. The molecule has 0 aromatic carbocycles. The van der Waals surface area contributed by atoms with Crippen LogP contribution in [-0.4, -0.2) is 49.2 Å². The molecule has 0 aliphatic carbocycles. The first-order valence-electron chi connectivity index (χ1n) is 7.99. The third kappa shape index (κ3) is 2.95. The molecule has 108 valence electrons. The van der Waals surface area contributed by atoms with Crippen LogP contribution in [0.25, 0.3) is 0 Å². The van der Waals surface area contributed by atoms with Crippen molar-refractivity contribution in [3.63, 3.8) is 0 Å². The molecule has 3 saturated heterocycles. The molecule has 3 atom stereocenters. The molecular weight excluding hydrogens is 240 g/mol. The van der Waals surface area contributed by atoms with Crippen LogP contribution in [0.3, 0.4) is 0 Å². The molecule has 3 heterocycles. The number of ether oxygens (including phenoxy) is 1. The molecule has 19 heavy (non-hydrogen) atoms. The first-order chi connectivity index (χ1) is 9.36. The highest BCUT2D eigenvalue weighted by Gasteiger charge is 2.38. The number of carbonyl (C=O) groups is 1. The SMILES string of the molecule is O=C(C1CCCCO1)N1CCCC1C1CCCNC1. The lowest BCUT2D eigenvalue weighted by Gasteiger charge is -2.36. The largest absolute Gasteiger partial charge is 0.368 e. The highest BCUT2D eigenvalue weighted by molar-refractivity contribution is 5.81. The summed E-state index contributed by atoms with van der Waals surface area (Å²) in [5.41, 5.74) is 0. The van der Waals surface area contributed by atoms with Crippen LogP contribution in [0.15, 0.2) is 0 Å². The normalized spacial score (nSPS) is 36.4. The Morgan fingerprint density at radius 1 is 1.11 bits per heavy atom. The van der Waals surface area contributed by atoms with E-state index in [9.17, 15) is 4.79 Å². The predicted octanol–water partition coefficient (Wildman–Crippen LogP) is 1.55. The van der Waals surface area contributed by atoms with E-state index in [1.54, 1.807) is 0 Å². The molecule has 3 aliphatic heterocycles. The van der Waals surface area contributed by atoms with E-state index in [0.29, 0.717) is 12.0 Å². The number of hydrogen-bond donors (Lipinski definition) is 1. The van der Waals surface area contributed by atoms with Crippen molar-refractivity contribution in [3.8, 4) is 0 Å². The number of nitrogens with zero attached hydrogens (tertiary/aromatic N) is 1. The van der Waals surface area contributed by atoms with Gasteiger partial charge in [0.05, 0.1) is 0 Å². The maximum atomic E-state index is 12.6. The molecule has 0 aromatic heterocycles. The van der Waals surface area contributed by atoms with Gasteiger partial charge in [-0.15, -0.1) is 0 Å². The molecule has 4 nitrogen and oxygen atoms in total. The molecule has 1 amide bonds. The minimum Gasteiger partial charge on any atom is -0.368 e. The molecule has 0 radical (unpaired) electrons. The molecule has 3 unspecified atom stereocenters. The van der Waals surface area contributed by atoms with Crippen LogP contribution in [0.5, 0.6) is 0 Å². The Labute approximate surface area is 115 Å². The van der Waals surface area contributed by atoms with Crippen molar-refractivity contribution >= 4 is 5.91 Å². The van der Waals surface area contributed by atoms with Crippen LogP contribution in [0.4, 0.5) is 0 Å². The van der Waals surface area contributed by atoms with Crippen LogP contribution in [-0.2, 0) is 9.53 Å². The second kappa shape index (κ2) is 6.23. The van der Waals surface area contributed by atoms with Gasteiger partial charge in [0.1, 0.15) is 6.10 Å². The van der Waals surface area contributed by atoms with Gasteiger partial charge >= 0.3 is 0 Å². The Morgan fingerprint density at radius 2 is 2.05 bits per heavy atom. The Bertz CT molecular complexity index is 309. The smallest absolute Gasteiger partial charge is 0.251 e. The number of rotatable bonds is 2. The molecule has 3 rings (SSSR count). The van der Waals surface area contributed by atoms with Gasteiger partial charge in [0.15, 0.2) is 0 Å². The maximum Gasteiger partial charge on any atom is 0.251 e. The van der Waals surface area contributed by atoms with Gasteiger partial charge in [-0.2, -0.15) is 0 Å². The van der Waals surface area contributed by atoms with E-state index in [1.807, 2.05) is 0 Å². The van der Waals surface area contributed by atoms with Gasteiger partial charge in [0, 0.05) is 19.2 Å². The molecule has 0 bridgehead atoms. The summed E-state index contributed by atoms with van der Waals surface area (Å²) in [4.78, 5) is 14.8. The standard InChI is InChI=1S/C15H26N2O2/c18-15(14-7-1-2-10-19-14)17-9-4-6-13(17)12-5-3-8-16-11-12/h12-14,16H,1-11H2. The van der Waals surface area contributed by atoms with Crippen molar-refractivity contribution in [2.75, 3.05) is 26.2 Å². The van der Waals surface area contributed by atoms with Gasteiger partial charge in [-0.3, -0.25) is 4.79 Å². The van der Waals surface area contributed by atoms with E-state index in [-0.39, 0.29) is 12.0 Å². The van der Waals surface area contributed by atoms with Gasteiger partial charge in [-0.1, -0.05) is 0 Å². The van der Waals surface area contributed by atoms with E-state index in [2.05, 4.69) is 10.2 Å². The molecule has 3 aliphatic rings. The third-order valence-electron chi connectivity index (χ3n) is 4.92. The number of carbonyl (C=O) groups excluding carboxylic acids is 1. The zero-order valence-corrected chi connectivity index (χ0v) is 11.8. The lowest BCUT2D eigenvalue weighted by molar-refractivity contribution is -0.148. The zero-order valence-electron chi connectivity index (χ0n) is 11.8. The van der Waals surface area contributed by atoms with Crippen LogP contribution < -0.4 is 5.32 Å². The summed E-state index contributed by atoms with van der Waals surface area (Å²) < 4.78 is 5.68. The third-order valence-corrected chi connectivity index (χ3v) is 4.92. The summed E-state index contributed by atoms with van der Waals surface area (Å²) in [6.45, 7) is 3.93. The average Bonchev–Trinajstić information content (AvgIpc) is 2.98. The monoisotopic (exact) mass is 266 g/mol. The topological polar surface area (TPSA) is 41.6 Å². The molecule has 0 aromatic rings. The van der Waals surface area contributed by atoms with Crippen LogP contribution in [0.1, 0.15) is 44.9 Å². The van der Waals surface area contributed by atoms with Crippen molar-refractivity contribution in [2.45, 2.75) is 57.1 Å². The quantitative estimate of drug-likeness (QED) is 0.824. The van der Waals surface area contributed by atoms with Crippen LogP contribution >= 0.6 is 0 Å². The Hall–Kier alpha value is -0.610. The number of amides is 1. The van der Waals surface area contributed by atoms with Gasteiger partial charge in [-0.25, -0.2) is 0 Å². The highest BCUT2D eigenvalue weighted by atomic mass is 16.5. The van der Waals surface area contributed by atoms with E-state index in [0.717, 1.165) is 45.5 Å². The van der Waals surface area contributed by atoms with E-state index < -0.39 is 0 Å². The predicted molar refractivity (Wildman–Crippen MR) is 73.9 cm³/mol. The first kappa shape index (κ1) is 13.4. The lowest BCUT2D eigenvalue weighted by atomic mass is 9.90. The van der Waals surface area contributed by atoms with E-state index in [1.165, 1.54) is 25.7 Å². The maximum absolute atomic E-state index is 12.6. The fourth-order valence-corrected chi connectivity index (χ4v) is 3.88. The Balaban J connectivity index is 1.62. The second-order valence-corrected chi connectivity index (χ2v) is 6.20. The minimum atomic E-state index is -0.147.